The van der Waals surface area contributed by atoms with Crippen LogP contribution in [-0.4, -0.2) is 41.9 Å². The zero-order valence-corrected chi connectivity index (χ0v) is 19.4. The summed E-state index contributed by atoms with van der Waals surface area (Å²) in [6, 6.07) is 8.45. The molecule has 0 aliphatic carbocycles. The van der Waals surface area contributed by atoms with Gasteiger partial charge in [-0.2, -0.15) is 9.29 Å². The Kier molecular flexibility index (Phi) is 6.16. The van der Waals surface area contributed by atoms with Gasteiger partial charge in [0.15, 0.2) is 0 Å². The summed E-state index contributed by atoms with van der Waals surface area (Å²) in [4.78, 5) is 18.4. The fourth-order valence-electron chi connectivity index (χ4n) is 3.56. The summed E-state index contributed by atoms with van der Waals surface area (Å²) >= 11 is 7.27. The van der Waals surface area contributed by atoms with Crippen molar-refractivity contribution in [2.24, 2.45) is 5.92 Å². The van der Waals surface area contributed by atoms with Gasteiger partial charge in [-0.05, 0) is 44.0 Å². The van der Waals surface area contributed by atoms with Crippen molar-refractivity contribution in [3.05, 3.63) is 46.1 Å². The summed E-state index contributed by atoms with van der Waals surface area (Å²) < 4.78 is 33.1. The Balaban J connectivity index is 1.52. The molecule has 1 aromatic carbocycles. The van der Waals surface area contributed by atoms with E-state index in [1.54, 1.807) is 44.2 Å². The third-order valence-corrected chi connectivity index (χ3v) is 8.49. The van der Waals surface area contributed by atoms with Gasteiger partial charge < -0.3 is 9.84 Å². The van der Waals surface area contributed by atoms with E-state index < -0.39 is 15.9 Å². The second-order valence-corrected chi connectivity index (χ2v) is 11.0. The van der Waals surface area contributed by atoms with Gasteiger partial charge >= 0.3 is 0 Å². The number of rotatable bonds is 5. The molecule has 3 aromatic rings. The van der Waals surface area contributed by atoms with E-state index in [1.807, 2.05) is 0 Å². The van der Waals surface area contributed by atoms with Gasteiger partial charge in [-0.3, -0.25) is 4.79 Å². The fourth-order valence-corrected chi connectivity index (χ4v) is 6.76. The van der Waals surface area contributed by atoms with Gasteiger partial charge in [0.1, 0.15) is 0 Å². The van der Waals surface area contributed by atoms with Crippen LogP contribution in [0.4, 0.5) is 5.69 Å². The lowest BCUT2D eigenvalue weighted by Gasteiger charge is -2.31. The molecule has 4 rings (SSSR count). The maximum Gasteiger partial charge on any atom is 0.244 e. The number of anilines is 1. The largest absolute Gasteiger partial charge is 0.339 e. The first-order valence-corrected chi connectivity index (χ1v) is 12.3. The van der Waals surface area contributed by atoms with E-state index in [9.17, 15) is 13.2 Å². The molecule has 1 fully saturated rings. The number of piperidine rings is 1. The molecule has 1 amide bonds. The second kappa shape index (κ2) is 8.70. The number of aromatic nitrogens is 2. The van der Waals surface area contributed by atoms with Crippen LogP contribution in [0, 0.1) is 19.8 Å². The lowest BCUT2D eigenvalue weighted by atomic mass is 9.99. The van der Waals surface area contributed by atoms with Crippen molar-refractivity contribution in [3.8, 4) is 10.7 Å². The molecule has 2 aromatic heterocycles. The molecule has 31 heavy (non-hydrogen) atoms. The molecule has 1 atom stereocenters. The quantitative estimate of drug-likeness (QED) is 0.589. The summed E-state index contributed by atoms with van der Waals surface area (Å²) in [6.07, 6.45) is 1.22. The molecule has 164 valence electrons. The average molecular weight is 481 g/mol. The first kappa shape index (κ1) is 21.9. The van der Waals surface area contributed by atoms with E-state index in [4.69, 9.17) is 16.1 Å². The summed E-state index contributed by atoms with van der Waals surface area (Å²) in [6.45, 7) is 3.92. The number of nitrogens with one attached hydrogen (secondary N) is 1. The normalized spacial score (nSPS) is 17.6. The van der Waals surface area contributed by atoms with Crippen molar-refractivity contribution in [1.29, 1.82) is 0 Å². The van der Waals surface area contributed by atoms with Crippen LogP contribution in [0.5, 0.6) is 0 Å². The number of aryl methyl sites for hydroxylation is 2. The Bertz CT molecular complexity index is 1220. The highest BCUT2D eigenvalue weighted by molar-refractivity contribution is 7.89. The van der Waals surface area contributed by atoms with E-state index in [0.717, 1.165) is 0 Å². The van der Waals surface area contributed by atoms with Crippen LogP contribution in [0.2, 0.25) is 5.02 Å². The van der Waals surface area contributed by atoms with E-state index >= 15 is 0 Å². The van der Waals surface area contributed by atoms with Crippen LogP contribution in [-0.2, 0) is 14.8 Å². The molecule has 0 spiro atoms. The number of thiophene rings is 1. The number of carbonyl (C=O) groups is 1. The minimum absolute atomic E-state index is 0.126. The van der Waals surface area contributed by atoms with Gasteiger partial charge in [0, 0.05) is 35.6 Å². The molecule has 11 heteroatoms. The molecule has 0 bridgehead atoms. The Morgan fingerprint density at radius 1 is 1.32 bits per heavy atom. The van der Waals surface area contributed by atoms with Gasteiger partial charge in [0.05, 0.1) is 15.7 Å². The number of carbonyl (C=O) groups excluding carboxylic acids is 1. The highest BCUT2D eigenvalue weighted by Gasteiger charge is 2.35. The molecule has 1 N–H and O–H groups in total. The van der Waals surface area contributed by atoms with Crippen molar-refractivity contribution >= 4 is 44.6 Å². The Labute approximate surface area is 189 Å². The molecular weight excluding hydrogens is 460 g/mol. The Morgan fingerprint density at radius 2 is 2.13 bits per heavy atom. The number of halogens is 1. The zero-order valence-electron chi connectivity index (χ0n) is 17.0. The fraction of sp³-hybridized carbons (Fsp3) is 0.350. The molecule has 1 aliphatic heterocycles. The predicted octanol–water partition coefficient (Wildman–Crippen LogP) is 4.11. The van der Waals surface area contributed by atoms with E-state index in [2.05, 4.69) is 15.5 Å². The second-order valence-electron chi connectivity index (χ2n) is 7.37. The molecule has 0 unspecified atom stereocenters. The molecule has 0 radical (unpaired) electrons. The number of nitrogens with zero attached hydrogens (tertiary/aromatic N) is 3. The lowest BCUT2D eigenvalue weighted by molar-refractivity contribution is -0.120. The van der Waals surface area contributed by atoms with Crippen LogP contribution in [0.1, 0.15) is 23.6 Å². The summed E-state index contributed by atoms with van der Waals surface area (Å²) in [5, 5.41) is 7.22. The molecule has 0 saturated carbocycles. The van der Waals surface area contributed by atoms with Crippen molar-refractivity contribution < 1.29 is 17.7 Å². The monoisotopic (exact) mass is 480 g/mol. The first-order valence-electron chi connectivity index (χ1n) is 9.72. The van der Waals surface area contributed by atoms with E-state index in [0.29, 0.717) is 51.6 Å². The SMILES string of the molecule is Cc1nc(-c2cc(S(=O)(=O)N3CCC[C@H](C(=O)Nc4cccc(Cl)c4)C3)c(C)s2)no1. The lowest BCUT2D eigenvalue weighted by Crippen LogP contribution is -2.43. The van der Waals surface area contributed by atoms with E-state index in [1.165, 1.54) is 15.6 Å². The average Bonchev–Trinajstić information content (AvgIpc) is 3.34. The van der Waals surface area contributed by atoms with Crippen molar-refractivity contribution in [3.63, 3.8) is 0 Å². The molecule has 1 aliphatic rings. The van der Waals surface area contributed by atoms with Crippen LogP contribution < -0.4 is 5.32 Å². The topological polar surface area (TPSA) is 105 Å². The van der Waals surface area contributed by atoms with Crippen LogP contribution in [0.15, 0.2) is 39.8 Å². The summed E-state index contributed by atoms with van der Waals surface area (Å²) in [7, 11) is -3.76. The minimum atomic E-state index is -3.76. The van der Waals surface area contributed by atoms with Crippen molar-refractivity contribution in [2.75, 3.05) is 18.4 Å². The number of hydrogen-bond acceptors (Lipinski definition) is 7. The highest BCUT2D eigenvalue weighted by Crippen LogP contribution is 2.35. The van der Waals surface area contributed by atoms with Crippen LogP contribution in [0.25, 0.3) is 10.7 Å². The predicted molar refractivity (Wildman–Crippen MR) is 119 cm³/mol. The van der Waals surface area contributed by atoms with Crippen LogP contribution in [0.3, 0.4) is 0 Å². The molecular formula is C20H21ClN4O4S2. The third kappa shape index (κ3) is 4.67. The van der Waals surface area contributed by atoms with E-state index in [-0.39, 0.29) is 17.3 Å². The maximum absolute atomic E-state index is 13.3. The zero-order chi connectivity index (χ0) is 22.2. The number of amides is 1. The Hall–Kier alpha value is -2.27. The van der Waals surface area contributed by atoms with Crippen molar-refractivity contribution in [1.82, 2.24) is 14.4 Å². The number of sulfonamides is 1. The van der Waals surface area contributed by atoms with Gasteiger partial charge in [-0.1, -0.05) is 22.8 Å². The summed E-state index contributed by atoms with van der Waals surface area (Å²) in [5.41, 5.74) is 0.589. The Morgan fingerprint density at radius 3 is 2.84 bits per heavy atom. The van der Waals surface area contributed by atoms with Gasteiger partial charge in [0.25, 0.3) is 0 Å². The number of benzene rings is 1. The van der Waals surface area contributed by atoms with Gasteiger partial charge in [0.2, 0.25) is 27.6 Å². The van der Waals surface area contributed by atoms with Crippen LogP contribution >= 0.6 is 22.9 Å². The smallest absolute Gasteiger partial charge is 0.244 e. The van der Waals surface area contributed by atoms with Gasteiger partial charge in [-0.25, -0.2) is 8.42 Å². The van der Waals surface area contributed by atoms with Crippen molar-refractivity contribution in [2.45, 2.75) is 31.6 Å². The maximum atomic E-state index is 13.3. The molecule has 1 saturated heterocycles. The summed E-state index contributed by atoms with van der Waals surface area (Å²) in [5.74, 6) is 0.118. The third-order valence-electron chi connectivity index (χ3n) is 5.09. The standard InChI is InChI=1S/C20H21ClN4O4S2/c1-12-18(10-17(30-12)19-22-13(2)29-24-19)31(27,28)25-8-4-5-14(11-25)20(26)23-16-7-3-6-15(21)9-16/h3,6-7,9-10,14H,4-5,8,11H2,1-2H3,(H,23,26)/t14-/m0/s1. The minimum Gasteiger partial charge on any atom is -0.339 e. The number of hydrogen-bond donors (Lipinski definition) is 1. The first-order chi connectivity index (χ1) is 14.7. The highest BCUT2D eigenvalue weighted by atomic mass is 35.5. The molecule has 3 heterocycles. The van der Waals surface area contributed by atoms with Gasteiger partial charge in [-0.15, -0.1) is 11.3 Å². The molecule has 8 nitrogen and oxygen atoms in total.